The predicted octanol–water partition coefficient (Wildman–Crippen LogP) is 3.99. The number of oxazole rings is 1. The van der Waals surface area contributed by atoms with Gasteiger partial charge in [0.15, 0.2) is 5.58 Å². The van der Waals surface area contributed by atoms with Gasteiger partial charge in [-0.05, 0) is 62.2 Å². The van der Waals surface area contributed by atoms with Crippen molar-refractivity contribution in [3.8, 4) is 6.07 Å². The highest BCUT2D eigenvalue weighted by Crippen LogP contribution is 2.30. The van der Waals surface area contributed by atoms with Gasteiger partial charge in [0.05, 0.1) is 21.8 Å². The molecule has 8 nitrogen and oxygen atoms in total. The van der Waals surface area contributed by atoms with Gasteiger partial charge in [-0.15, -0.1) is 0 Å². The number of sulfonamides is 1. The first-order valence-corrected chi connectivity index (χ1v) is 12.6. The normalized spacial score (nSPS) is 15.9. The average molecular weight is 471 g/mol. The molecule has 0 saturated carbocycles. The number of aromatic nitrogens is 1. The minimum Gasteiger partial charge on any atom is -0.431 e. The van der Waals surface area contributed by atoms with Gasteiger partial charge < -0.3 is 9.73 Å². The molecule has 2 heterocycles. The summed E-state index contributed by atoms with van der Waals surface area (Å²) in [5.74, 6) is -0.240. The number of nitrogens with zero attached hydrogens (tertiary/aromatic N) is 3. The third kappa shape index (κ3) is 4.80. The highest BCUT2D eigenvalue weighted by molar-refractivity contribution is 8.00. The smallest absolute Gasteiger partial charge is 0.257 e. The lowest BCUT2D eigenvalue weighted by molar-refractivity contribution is -0.115. The minimum atomic E-state index is -3.56. The summed E-state index contributed by atoms with van der Waals surface area (Å²) in [6, 6.07) is 13.3. The van der Waals surface area contributed by atoms with Crippen LogP contribution < -0.4 is 5.32 Å². The summed E-state index contributed by atoms with van der Waals surface area (Å²) in [4.78, 5) is 17.1. The lowest BCUT2D eigenvalue weighted by atomic mass is 10.2. The van der Waals surface area contributed by atoms with Crippen molar-refractivity contribution in [1.29, 1.82) is 5.26 Å². The predicted molar refractivity (Wildman–Crippen MR) is 122 cm³/mol. The molecular formula is C22H22N4O4S2. The van der Waals surface area contributed by atoms with Crippen LogP contribution in [0.5, 0.6) is 0 Å². The summed E-state index contributed by atoms with van der Waals surface area (Å²) >= 11 is 1.14. The molecule has 0 radical (unpaired) electrons. The molecule has 1 amide bonds. The number of anilines is 1. The van der Waals surface area contributed by atoms with Gasteiger partial charge in [0.1, 0.15) is 5.52 Å². The number of nitrogens with one attached hydrogen (secondary N) is 1. The Morgan fingerprint density at radius 2 is 1.91 bits per heavy atom. The second kappa shape index (κ2) is 9.32. The van der Waals surface area contributed by atoms with Crippen molar-refractivity contribution >= 4 is 44.5 Å². The number of amides is 1. The van der Waals surface area contributed by atoms with E-state index in [1.807, 2.05) is 6.07 Å². The van der Waals surface area contributed by atoms with Crippen molar-refractivity contribution in [2.75, 3.05) is 18.4 Å². The number of carbonyl (C=O) groups is 1. The molecule has 3 aromatic rings. The summed E-state index contributed by atoms with van der Waals surface area (Å²) in [7, 11) is -3.56. The second-order valence-electron chi connectivity index (χ2n) is 7.51. The first kappa shape index (κ1) is 22.3. The fourth-order valence-corrected chi connectivity index (χ4v) is 5.72. The molecule has 0 spiro atoms. The first-order chi connectivity index (χ1) is 15.4. The number of piperidine rings is 1. The maximum atomic E-state index is 12.9. The van der Waals surface area contributed by atoms with E-state index < -0.39 is 15.3 Å². The molecule has 1 N–H and O–H groups in total. The quantitative estimate of drug-likeness (QED) is 0.541. The van der Waals surface area contributed by atoms with E-state index >= 15 is 0 Å². The van der Waals surface area contributed by atoms with Gasteiger partial charge >= 0.3 is 0 Å². The Morgan fingerprint density at radius 3 is 2.59 bits per heavy atom. The van der Waals surface area contributed by atoms with Crippen molar-refractivity contribution in [1.82, 2.24) is 9.29 Å². The van der Waals surface area contributed by atoms with Crippen molar-refractivity contribution in [2.45, 2.75) is 41.6 Å². The van der Waals surface area contributed by atoms with Crippen molar-refractivity contribution < 1.29 is 17.6 Å². The molecule has 2 aromatic carbocycles. The average Bonchev–Trinajstić information content (AvgIpc) is 3.21. The zero-order valence-electron chi connectivity index (χ0n) is 17.4. The van der Waals surface area contributed by atoms with Crippen LogP contribution in [0, 0.1) is 11.3 Å². The Bertz CT molecular complexity index is 1270. The molecule has 1 atom stereocenters. The number of hydrogen-bond donors (Lipinski definition) is 1. The first-order valence-electron chi connectivity index (χ1n) is 10.3. The molecule has 4 rings (SSSR count). The molecule has 1 aromatic heterocycles. The largest absolute Gasteiger partial charge is 0.431 e. The Kier molecular flexibility index (Phi) is 6.50. The fourth-order valence-electron chi connectivity index (χ4n) is 3.43. The van der Waals surface area contributed by atoms with E-state index in [-0.39, 0.29) is 16.0 Å². The van der Waals surface area contributed by atoms with E-state index in [0.717, 1.165) is 31.0 Å². The highest BCUT2D eigenvalue weighted by Gasteiger charge is 2.27. The Labute approximate surface area is 190 Å². The van der Waals surface area contributed by atoms with Gasteiger partial charge in [0.2, 0.25) is 15.9 Å². The molecule has 1 fully saturated rings. The molecule has 0 aliphatic carbocycles. The van der Waals surface area contributed by atoms with Crippen LogP contribution in [-0.4, -0.2) is 42.0 Å². The molecule has 1 aliphatic rings. The number of thioether (sulfide) groups is 1. The number of hydrogen-bond acceptors (Lipinski definition) is 7. The van der Waals surface area contributed by atoms with Crippen LogP contribution in [0.15, 0.2) is 57.0 Å². The Morgan fingerprint density at radius 1 is 1.19 bits per heavy atom. The van der Waals surface area contributed by atoms with E-state index in [1.54, 1.807) is 37.3 Å². The zero-order chi connectivity index (χ0) is 22.7. The maximum absolute atomic E-state index is 12.9. The number of benzene rings is 2. The van der Waals surface area contributed by atoms with E-state index in [9.17, 15) is 13.2 Å². The van der Waals surface area contributed by atoms with Gasteiger partial charge in [-0.25, -0.2) is 13.4 Å². The van der Waals surface area contributed by atoms with Crippen molar-refractivity contribution in [3.63, 3.8) is 0 Å². The zero-order valence-corrected chi connectivity index (χ0v) is 19.1. The standard InChI is InChI=1S/C22H22N4O4S2/c1-15(21(27)24-17-7-5-16(14-23)6-8-17)31-22-25-19-13-18(9-10-20(19)30-22)32(28,29)26-11-3-2-4-12-26/h5-10,13,15H,2-4,11-12H2,1H3,(H,24,27). The van der Waals surface area contributed by atoms with E-state index in [2.05, 4.69) is 10.3 Å². The van der Waals surface area contributed by atoms with E-state index in [0.29, 0.717) is 35.4 Å². The van der Waals surface area contributed by atoms with Gasteiger partial charge in [-0.2, -0.15) is 9.57 Å². The van der Waals surface area contributed by atoms with Crippen LogP contribution in [0.4, 0.5) is 5.69 Å². The van der Waals surface area contributed by atoms with Gasteiger partial charge in [0.25, 0.3) is 5.22 Å². The third-order valence-electron chi connectivity index (χ3n) is 5.22. The lowest BCUT2D eigenvalue weighted by Gasteiger charge is -2.25. The lowest BCUT2D eigenvalue weighted by Crippen LogP contribution is -2.35. The number of fused-ring (bicyclic) bond motifs is 1. The molecule has 0 bridgehead atoms. The molecule has 1 aliphatic heterocycles. The molecular weight excluding hydrogens is 448 g/mol. The molecule has 1 unspecified atom stereocenters. The summed E-state index contributed by atoms with van der Waals surface area (Å²) in [6.07, 6.45) is 2.79. The Hall–Kier alpha value is -2.87. The van der Waals surface area contributed by atoms with Crippen molar-refractivity contribution in [3.05, 3.63) is 48.0 Å². The number of nitriles is 1. The van der Waals surface area contributed by atoms with Gasteiger partial charge in [0, 0.05) is 18.8 Å². The topological polar surface area (TPSA) is 116 Å². The van der Waals surface area contributed by atoms with Crippen LogP contribution in [0.1, 0.15) is 31.7 Å². The summed E-state index contributed by atoms with van der Waals surface area (Å²) < 4.78 is 33.0. The molecule has 166 valence electrons. The van der Waals surface area contributed by atoms with Crippen LogP contribution in [0.2, 0.25) is 0 Å². The van der Waals surface area contributed by atoms with Crippen LogP contribution in [0.25, 0.3) is 11.1 Å². The fraction of sp³-hybridized carbons (Fsp3) is 0.318. The number of rotatable bonds is 6. The highest BCUT2D eigenvalue weighted by atomic mass is 32.2. The summed E-state index contributed by atoms with van der Waals surface area (Å²) in [6.45, 7) is 2.79. The number of carbonyl (C=O) groups excluding carboxylic acids is 1. The van der Waals surface area contributed by atoms with Crippen molar-refractivity contribution in [2.24, 2.45) is 0 Å². The monoisotopic (exact) mass is 470 g/mol. The summed E-state index contributed by atoms with van der Waals surface area (Å²) in [5, 5.41) is 11.4. The summed E-state index contributed by atoms with van der Waals surface area (Å²) in [5.41, 5.74) is 2.00. The van der Waals surface area contributed by atoms with Gasteiger partial charge in [-0.1, -0.05) is 18.2 Å². The van der Waals surface area contributed by atoms with Crippen LogP contribution in [0.3, 0.4) is 0 Å². The van der Waals surface area contributed by atoms with Crippen LogP contribution >= 0.6 is 11.8 Å². The minimum absolute atomic E-state index is 0.198. The Balaban J connectivity index is 1.46. The molecule has 32 heavy (non-hydrogen) atoms. The second-order valence-corrected chi connectivity index (χ2v) is 10.7. The SMILES string of the molecule is CC(Sc1nc2cc(S(=O)(=O)N3CCCCC3)ccc2o1)C(=O)Nc1ccc(C#N)cc1. The molecule has 1 saturated heterocycles. The molecule has 10 heteroatoms. The van der Waals surface area contributed by atoms with E-state index in [4.69, 9.17) is 9.68 Å². The van der Waals surface area contributed by atoms with E-state index in [1.165, 1.54) is 16.4 Å². The van der Waals surface area contributed by atoms with Crippen LogP contribution in [-0.2, 0) is 14.8 Å². The third-order valence-corrected chi connectivity index (χ3v) is 8.06. The maximum Gasteiger partial charge on any atom is 0.257 e. The van der Waals surface area contributed by atoms with Gasteiger partial charge in [-0.3, -0.25) is 4.79 Å².